The maximum absolute atomic E-state index is 13.6. The first-order chi connectivity index (χ1) is 17.0. The number of nitrogens with zero attached hydrogens (tertiary/aromatic N) is 4. The summed E-state index contributed by atoms with van der Waals surface area (Å²) in [7, 11) is 0. The second-order valence-corrected chi connectivity index (χ2v) is 9.65. The number of carbonyl (C=O) groups excluding carboxylic acids is 1. The standard InChI is InChI=1S/C26H25N5O4/c32-24-6-3-5-22-17-10-18(15-29(22)24)25-21(26(33)28-13-19-4-1-2-9-27-19)12-16-11-20(31(34)35)7-8-23(16)30(25)14-17/h1-9,11,17-18,21,25H,10,12-15H2,(H,28,33)/t17-,18-,21+,25-/m0/s1. The van der Waals surface area contributed by atoms with Crippen molar-refractivity contribution in [2.75, 3.05) is 11.4 Å². The van der Waals surface area contributed by atoms with Crippen LogP contribution in [0.3, 0.4) is 0 Å². The summed E-state index contributed by atoms with van der Waals surface area (Å²) in [6.07, 6.45) is 3.03. The summed E-state index contributed by atoms with van der Waals surface area (Å²) in [5, 5.41) is 14.5. The predicted molar refractivity (Wildman–Crippen MR) is 129 cm³/mol. The summed E-state index contributed by atoms with van der Waals surface area (Å²) in [6, 6.07) is 15.9. The number of fused-ring (bicyclic) bond motifs is 8. The molecule has 1 fully saturated rings. The summed E-state index contributed by atoms with van der Waals surface area (Å²) < 4.78 is 1.87. The van der Waals surface area contributed by atoms with Crippen LogP contribution in [0.4, 0.5) is 11.4 Å². The summed E-state index contributed by atoms with van der Waals surface area (Å²) in [5.74, 6) is -0.194. The van der Waals surface area contributed by atoms with Gasteiger partial charge in [0.1, 0.15) is 0 Å². The van der Waals surface area contributed by atoms with E-state index in [1.807, 2.05) is 41.0 Å². The number of benzene rings is 1. The fourth-order valence-electron chi connectivity index (χ4n) is 6.26. The number of rotatable bonds is 4. The normalized spacial score (nSPS) is 24.1. The van der Waals surface area contributed by atoms with Gasteiger partial charge in [0.15, 0.2) is 0 Å². The number of aromatic nitrogens is 2. The molecule has 1 N–H and O–H groups in total. The smallest absolute Gasteiger partial charge is 0.269 e. The second-order valence-electron chi connectivity index (χ2n) is 9.65. The van der Waals surface area contributed by atoms with Gasteiger partial charge in [-0.05, 0) is 48.6 Å². The number of nitrogens with one attached hydrogen (secondary N) is 1. The van der Waals surface area contributed by atoms with Crippen molar-refractivity contribution in [3.8, 4) is 0 Å². The van der Waals surface area contributed by atoms with Crippen molar-refractivity contribution in [3.63, 3.8) is 0 Å². The minimum atomic E-state index is -0.393. The third kappa shape index (κ3) is 3.67. The summed E-state index contributed by atoms with van der Waals surface area (Å²) in [4.78, 5) is 43.8. The number of hydrogen-bond donors (Lipinski definition) is 1. The van der Waals surface area contributed by atoms with E-state index in [2.05, 4.69) is 15.2 Å². The van der Waals surface area contributed by atoms with Gasteiger partial charge < -0.3 is 14.8 Å². The fourth-order valence-corrected chi connectivity index (χ4v) is 6.26. The fraction of sp³-hybridized carbons (Fsp3) is 0.346. The van der Waals surface area contributed by atoms with Gasteiger partial charge >= 0.3 is 0 Å². The van der Waals surface area contributed by atoms with E-state index in [1.165, 1.54) is 0 Å². The third-order valence-corrected chi connectivity index (χ3v) is 7.71. The third-order valence-electron chi connectivity index (χ3n) is 7.71. The molecule has 0 spiro atoms. The Morgan fingerprint density at radius 2 is 2.03 bits per heavy atom. The molecule has 0 unspecified atom stereocenters. The van der Waals surface area contributed by atoms with Crippen LogP contribution in [0.15, 0.2) is 65.6 Å². The Hall–Kier alpha value is -4.01. The Balaban J connectivity index is 1.38. The molecule has 9 heteroatoms. The van der Waals surface area contributed by atoms with Gasteiger partial charge in [0.2, 0.25) is 5.91 Å². The Morgan fingerprint density at radius 3 is 2.83 bits per heavy atom. The SMILES string of the molecule is O=C(NCc1ccccn1)[C@@H]1Cc2cc([N+](=O)[O-])ccc2N2C[C@@H]3C[C@@H](Cn4c3cccc4=O)[C@@H]12. The molecule has 35 heavy (non-hydrogen) atoms. The highest BCUT2D eigenvalue weighted by Crippen LogP contribution is 2.47. The van der Waals surface area contributed by atoms with Crippen LogP contribution >= 0.6 is 0 Å². The molecule has 6 rings (SSSR count). The van der Waals surface area contributed by atoms with Crippen molar-refractivity contribution in [1.29, 1.82) is 0 Å². The topological polar surface area (TPSA) is 110 Å². The molecule has 2 aromatic heterocycles. The van der Waals surface area contributed by atoms with Crippen LogP contribution in [0, 0.1) is 22.0 Å². The van der Waals surface area contributed by atoms with E-state index in [0.717, 1.165) is 29.1 Å². The number of hydrogen-bond acceptors (Lipinski definition) is 6. The number of carbonyl (C=O) groups is 1. The van der Waals surface area contributed by atoms with Gasteiger partial charge in [-0.25, -0.2) is 0 Å². The van der Waals surface area contributed by atoms with E-state index in [0.29, 0.717) is 26.1 Å². The average molecular weight is 472 g/mol. The lowest BCUT2D eigenvalue weighted by Crippen LogP contribution is -2.61. The molecule has 178 valence electrons. The van der Waals surface area contributed by atoms with Crippen LogP contribution in [0.1, 0.15) is 29.3 Å². The average Bonchev–Trinajstić information content (AvgIpc) is 2.87. The van der Waals surface area contributed by atoms with Crippen LogP contribution < -0.4 is 15.8 Å². The Bertz CT molecular complexity index is 1370. The first kappa shape index (κ1) is 21.5. The quantitative estimate of drug-likeness (QED) is 0.463. The van der Waals surface area contributed by atoms with E-state index in [9.17, 15) is 19.7 Å². The molecular weight excluding hydrogens is 446 g/mol. The molecule has 3 aliphatic heterocycles. The molecule has 0 radical (unpaired) electrons. The number of nitro groups is 1. The van der Waals surface area contributed by atoms with E-state index in [-0.39, 0.29) is 40.9 Å². The van der Waals surface area contributed by atoms with Gasteiger partial charge in [0, 0.05) is 60.8 Å². The van der Waals surface area contributed by atoms with Crippen molar-refractivity contribution in [3.05, 3.63) is 98.2 Å². The lowest BCUT2D eigenvalue weighted by molar-refractivity contribution is -0.384. The molecule has 5 heterocycles. The molecule has 3 aliphatic rings. The minimum Gasteiger partial charge on any atom is -0.366 e. The van der Waals surface area contributed by atoms with Crippen LogP contribution in [-0.2, 0) is 24.3 Å². The van der Waals surface area contributed by atoms with Gasteiger partial charge in [0.25, 0.3) is 11.2 Å². The van der Waals surface area contributed by atoms with Crippen molar-refractivity contribution in [1.82, 2.24) is 14.9 Å². The van der Waals surface area contributed by atoms with Crippen LogP contribution in [0.25, 0.3) is 0 Å². The molecule has 4 atom stereocenters. The number of nitro benzene ring substituents is 1. The van der Waals surface area contributed by atoms with E-state index in [1.54, 1.807) is 24.4 Å². The molecule has 1 saturated heterocycles. The molecular formula is C26H25N5O4. The largest absolute Gasteiger partial charge is 0.366 e. The highest BCUT2D eigenvalue weighted by atomic mass is 16.6. The number of pyridine rings is 2. The number of anilines is 1. The summed E-state index contributed by atoms with van der Waals surface area (Å²) >= 11 is 0. The Morgan fingerprint density at radius 1 is 1.14 bits per heavy atom. The highest BCUT2D eigenvalue weighted by molar-refractivity contribution is 5.82. The van der Waals surface area contributed by atoms with Gasteiger partial charge in [-0.15, -0.1) is 0 Å². The lowest BCUT2D eigenvalue weighted by Gasteiger charge is -2.54. The Labute approximate surface area is 201 Å². The zero-order valence-electron chi connectivity index (χ0n) is 19.0. The lowest BCUT2D eigenvalue weighted by atomic mass is 9.70. The molecule has 0 saturated carbocycles. The van der Waals surface area contributed by atoms with Crippen LogP contribution in [-0.4, -0.2) is 33.0 Å². The molecule has 2 bridgehead atoms. The number of amides is 1. The molecule has 9 nitrogen and oxygen atoms in total. The Kier molecular flexibility index (Phi) is 5.12. The van der Waals surface area contributed by atoms with Crippen LogP contribution in [0.2, 0.25) is 0 Å². The monoisotopic (exact) mass is 471 g/mol. The highest BCUT2D eigenvalue weighted by Gasteiger charge is 2.49. The van der Waals surface area contributed by atoms with Crippen molar-refractivity contribution < 1.29 is 9.72 Å². The maximum Gasteiger partial charge on any atom is 0.269 e. The molecule has 1 amide bonds. The molecule has 3 aromatic rings. The van der Waals surface area contributed by atoms with Crippen molar-refractivity contribution in [2.45, 2.75) is 37.9 Å². The summed E-state index contributed by atoms with van der Waals surface area (Å²) in [6.45, 7) is 1.55. The van der Waals surface area contributed by atoms with E-state index in [4.69, 9.17) is 0 Å². The molecule has 1 aromatic carbocycles. The first-order valence-corrected chi connectivity index (χ1v) is 11.9. The zero-order chi connectivity index (χ0) is 24.1. The number of non-ortho nitro benzene ring substituents is 1. The van der Waals surface area contributed by atoms with E-state index < -0.39 is 4.92 Å². The van der Waals surface area contributed by atoms with Gasteiger partial charge in [-0.1, -0.05) is 12.1 Å². The van der Waals surface area contributed by atoms with Crippen LogP contribution in [0.5, 0.6) is 0 Å². The number of piperidine rings is 1. The zero-order valence-corrected chi connectivity index (χ0v) is 19.0. The van der Waals surface area contributed by atoms with Gasteiger partial charge in [-0.3, -0.25) is 24.7 Å². The first-order valence-electron chi connectivity index (χ1n) is 11.9. The summed E-state index contributed by atoms with van der Waals surface area (Å²) in [5.41, 5.74) is 3.59. The van der Waals surface area contributed by atoms with Gasteiger partial charge in [-0.2, -0.15) is 0 Å². The van der Waals surface area contributed by atoms with Crippen molar-refractivity contribution in [2.24, 2.45) is 11.8 Å². The van der Waals surface area contributed by atoms with Crippen molar-refractivity contribution >= 4 is 17.3 Å². The predicted octanol–water partition coefficient (Wildman–Crippen LogP) is 2.63. The van der Waals surface area contributed by atoms with E-state index >= 15 is 0 Å². The molecule has 0 aliphatic carbocycles. The van der Waals surface area contributed by atoms with Gasteiger partial charge in [0.05, 0.1) is 23.1 Å². The minimum absolute atomic E-state index is 0.00589. The maximum atomic E-state index is 13.6. The second kappa shape index (κ2) is 8.33.